The number of amides is 1. The summed E-state index contributed by atoms with van der Waals surface area (Å²) >= 11 is 3.05. The van der Waals surface area contributed by atoms with Crippen molar-refractivity contribution in [2.75, 3.05) is 11.9 Å². The summed E-state index contributed by atoms with van der Waals surface area (Å²) < 4.78 is 18.8. The lowest BCUT2D eigenvalue weighted by molar-refractivity contribution is -0.124. The normalized spacial score (nSPS) is 19.8. The van der Waals surface area contributed by atoms with Crippen LogP contribution in [0.5, 0.6) is 0 Å². The third kappa shape index (κ3) is 2.59. The molecule has 1 aliphatic heterocycles. The van der Waals surface area contributed by atoms with Crippen molar-refractivity contribution >= 4 is 27.5 Å². The number of nitrogens with one attached hydrogen (secondary N) is 1. The maximum Gasteiger partial charge on any atom is 0.253 e. The molecule has 1 aliphatic rings. The van der Waals surface area contributed by atoms with Gasteiger partial charge in [0.1, 0.15) is 11.9 Å². The van der Waals surface area contributed by atoms with E-state index < -0.39 is 11.9 Å². The Balaban J connectivity index is 2.02. The molecule has 16 heavy (non-hydrogen) atoms. The van der Waals surface area contributed by atoms with Crippen molar-refractivity contribution in [2.45, 2.75) is 18.9 Å². The lowest BCUT2D eigenvalue weighted by Crippen LogP contribution is -2.26. The molecule has 1 aromatic rings. The highest BCUT2D eigenvalue weighted by Crippen LogP contribution is 2.20. The van der Waals surface area contributed by atoms with Crippen LogP contribution >= 0.6 is 15.9 Å². The Bertz CT molecular complexity index is 405. The predicted octanol–water partition coefficient (Wildman–Crippen LogP) is 2.71. The van der Waals surface area contributed by atoms with Crippen molar-refractivity contribution in [2.24, 2.45) is 0 Å². The van der Waals surface area contributed by atoms with Crippen LogP contribution < -0.4 is 5.32 Å². The van der Waals surface area contributed by atoms with Crippen LogP contribution in [0.3, 0.4) is 0 Å². The molecule has 0 aliphatic carbocycles. The Morgan fingerprint density at radius 3 is 3.00 bits per heavy atom. The van der Waals surface area contributed by atoms with Crippen LogP contribution in [0.2, 0.25) is 0 Å². The van der Waals surface area contributed by atoms with E-state index in [2.05, 4.69) is 21.2 Å². The Morgan fingerprint density at radius 1 is 1.56 bits per heavy atom. The molecule has 1 fully saturated rings. The van der Waals surface area contributed by atoms with E-state index in [0.717, 1.165) is 12.8 Å². The van der Waals surface area contributed by atoms with Gasteiger partial charge in [0, 0.05) is 12.3 Å². The van der Waals surface area contributed by atoms with Gasteiger partial charge in [0.05, 0.1) is 4.47 Å². The molecule has 0 spiro atoms. The fourth-order valence-electron chi connectivity index (χ4n) is 1.58. The third-order valence-electron chi connectivity index (χ3n) is 2.41. The van der Waals surface area contributed by atoms with E-state index in [-0.39, 0.29) is 5.91 Å². The minimum atomic E-state index is -0.398. The van der Waals surface area contributed by atoms with Gasteiger partial charge in [0.15, 0.2) is 0 Å². The van der Waals surface area contributed by atoms with Gasteiger partial charge in [-0.2, -0.15) is 0 Å². The molecule has 2 rings (SSSR count). The first-order valence-electron chi connectivity index (χ1n) is 5.04. The van der Waals surface area contributed by atoms with E-state index in [1.807, 2.05) is 0 Å². The zero-order valence-electron chi connectivity index (χ0n) is 8.50. The van der Waals surface area contributed by atoms with Crippen LogP contribution in [-0.4, -0.2) is 18.6 Å². The average molecular weight is 288 g/mol. The number of rotatable bonds is 2. The molecule has 1 saturated heterocycles. The van der Waals surface area contributed by atoms with Gasteiger partial charge in [-0.1, -0.05) is 0 Å². The second kappa shape index (κ2) is 4.93. The summed E-state index contributed by atoms with van der Waals surface area (Å²) in [4.78, 5) is 11.6. The molecule has 1 heterocycles. The lowest BCUT2D eigenvalue weighted by atomic mass is 10.2. The molecule has 86 valence electrons. The summed E-state index contributed by atoms with van der Waals surface area (Å²) in [6.07, 6.45) is 1.23. The predicted molar refractivity (Wildman–Crippen MR) is 61.7 cm³/mol. The fourth-order valence-corrected chi connectivity index (χ4v) is 1.83. The Kier molecular flexibility index (Phi) is 3.56. The topological polar surface area (TPSA) is 38.3 Å². The Hall–Kier alpha value is -0.940. The Labute approximate surface area is 101 Å². The summed E-state index contributed by atoms with van der Waals surface area (Å²) in [5.41, 5.74) is 0.446. The van der Waals surface area contributed by atoms with Gasteiger partial charge in [0.2, 0.25) is 0 Å². The number of hydrogen-bond donors (Lipinski definition) is 1. The Morgan fingerprint density at radius 2 is 2.38 bits per heavy atom. The molecule has 0 radical (unpaired) electrons. The monoisotopic (exact) mass is 287 g/mol. The lowest BCUT2D eigenvalue weighted by Gasteiger charge is -2.10. The van der Waals surface area contributed by atoms with Gasteiger partial charge in [0.25, 0.3) is 5.91 Å². The van der Waals surface area contributed by atoms with Crippen molar-refractivity contribution in [1.82, 2.24) is 0 Å². The number of ether oxygens (including phenoxy) is 1. The van der Waals surface area contributed by atoms with Crippen LogP contribution in [-0.2, 0) is 9.53 Å². The molecule has 1 unspecified atom stereocenters. The van der Waals surface area contributed by atoms with Crippen LogP contribution in [0.25, 0.3) is 0 Å². The first-order chi connectivity index (χ1) is 7.66. The molecule has 3 nitrogen and oxygen atoms in total. The summed E-state index contributed by atoms with van der Waals surface area (Å²) in [5.74, 6) is -0.607. The van der Waals surface area contributed by atoms with Crippen LogP contribution in [0.1, 0.15) is 12.8 Å². The van der Waals surface area contributed by atoms with Crippen molar-refractivity contribution in [1.29, 1.82) is 0 Å². The highest BCUT2D eigenvalue weighted by Gasteiger charge is 2.23. The number of hydrogen-bond acceptors (Lipinski definition) is 2. The second-order valence-corrected chi connectivity index (χ2v) is 4.47. The minimum Gasteiger partial charge on any atom is -0.368 e. The van der Waals surface area contributed by atoms with Crippen molar-refractivity contribution in [3.63, 3.8) is 0 Å². The van der Waals surface area contributed by atoms with Crippen LogP contribution in [0.4, 0.5) is 10.1 Å². The summed E-state index contributed by atoms with van der Waals surface area (Å²) in [5, 5.41) is 2.63. The number of anilines is 1. The highest BCUT2D eigenvalue weighted by atomic mass is 79.9. The van der Waals surface area contributed by atoms with E-state index >= 15 is 0 Å². The van der Waals surface area contributed by atoms with E-state index in [1.54, 1.807) is 12.1 Å². The van der Waals surface area contributed by atoms with Crippen molar-refractivity contribution in [3.05, 3.63) is 28.5 Å². The SMILES string of the molecule is O=C(Nc1ccc(Br)c(F)c1)C1CCCO1. The third-order valence-corrected chi connectivity index (χ3v) is 3.05. The van der Waals surface area contributed by atoms with Crippen LogP contribution in [0.15, 0.2) is 22.7 Å². The molecule has 1 atom stereocenters. The largest absolute Gasteiger partial charge is 0.368 e. The van der Waals surface area contributed by atoms with Gasteiger partial charge in [-0.25, -0.2) is 4.39 Å². The standard InChI is InChI=1S/C11H11BrFNO2/c12-8-4-3-7(6-9(8)13)14-11(15)10-2-1-5-16-10/h3-4,6,10H,1-2,5H2,(H,14,15). The van der Waals surface area contributed by atoms with Gasteiger partial charge >= 0.3 is 0 Å². The quantitative estimate of drug-likeness (QED) is 0.908. The zero-order valence-corrected chi connectivity index (χ0v) is 10.1. The summed E-state index contributed by atoms with van der Waals surface area (Å²) in [7, 11) is 0. The van der Waals surface area contributed by atoms with Crippen molar-refractivity contribution in [3.8, 4) is 0 Å². The number of halogens is 2. The van der Waals surface area contributed by atoms with Gasteiger partial charge in [-0.05, 0) is 47.0 Å². The van der Waals surface area contributed by atoms with Gasteiger partial charge < -0.3 is 10.1 Å². The molecule has 5 heteroatoms. The minimum absolute atomic E-state index is 0.209. The first kappa shape index (κ1) is 11.5. The maximum atomic E-state index is 13.2. The number of carbonyl (C=O) groups is 1. The van der Waals surface area contributed by atoms with E-state index in [1.165, 1.54) is 6.07 Å². The van der Waals surface area contributed by atoms with Crippen LogP contribution in [0, 0.1) is 5.82 Å². The molecule has 1 N–H and O–H groups in total. The average Bonchev–Trinajstić information content (AvgIpc) is 2.77. The molecular weight excluding hydrogens is 277 g/mol. The molecule has 0 bridgehead atoms. The molecule has 0 saturated carbocycles. The summed E-state index contributed by atoms with van der Waals surface area (Å²) in [6.45, 7) is 0.618. The van der Waals surface area contributed by atoms with E-state index in [9.17, 15) is 9.18 Å². The van der Waals surface area contributed by atoms with Gasteiger partial charge in [-0.3, -0.25) is 4.79 Å². The van der Waals surface area contributed by atoms with Crippen molar-refractivity contribution < 1.29 is 13.9 Å². The highest BCUT2D eigenvalue weighted by molar-refractivity contribution is 9.10. The molecule has 0 aromatic heterocycles. The molecule has 1 aromatic carbocycles. The number of carbonyl (C=O) groups excluding carboxylic acids is 1. The number of benzene rings is 1. The second-order valence-electron chi connectivity index (χ2n) is 3.62. The van der Waals surface area contributed by atoms with E-state index in [4.69, 9.17) is 4.74 Å². The zero-order chi connectivity index (χ0) is 11.5. The van der Waals surface area contributed by atoms with E-state index in [0.29, 0.717) is 16.8 Å². The maximum absolute atomic E-state index is 13.2. The smallest absolute Gasteiger partial charge is 0.253 e. The molecule has 1 amide bonds. The molecular formula is C11H11BrFNO2. The van der Waals surface area contributed by atoms with Gasteiger partial charge in [-0.15, -0.1) is 0 Å². The first-order valence-corrected chi connectivity index (χ1v) is 5.83. The fraction of sp³-hybridized carbons (Fsp3) is 0.364. The summed E-state index contributed by atoms with van der Waals surface area (Å²) in [6, 6.07) is 4.47.